The fraction of sp³-hybridized carbons (Fsp3) is 0.350. The number of nitrogens with zero attached hydrogens (tertiary/aromatic N) is 5. The molecule has 0 amide bonds. The summed E-state index contributed by atoms with van der Waals surface area (Å²) in [6.07, 6.45) is 5.02. The van der Waals surface area contributed by atoms with Crippen molar-refractivity contribution in [3.05, 3.63) is 47.5 Å². The maximum absolute atomic E-state index is 12.2. The molecule has 0 spiro atoms. The summed E-state index contributed by atoms with van der Waals surface area (Å²) in [4.78, 5) is 8.85. The number of pyridine rings is 1. The van der Waals surface area contributed by atoms with Crippen molar-refractivity contribution in [1.82, 2.24) is 24.3 Å². The van der Waals surface area contributed by atoms with Crippen LogP contribution in [0.5, 0.6) is 0 Å². The SMILES string of the molecule is CS(=O)(=O)c1nn(Cc2nc3cc(Cl)ccc3n2[C@H]2C[C@@](O)(CO)C2)c2cnccc12. The summed E-state index contributed by atoms with van der Waals surface area (Å²) in [5.41, 5.74) is 1.03. The molecule has 0 atom stereocenters. The largest absolute Gasteiger partial charge is 0.393 e. The molecule has 31 heavy (non-hydrogen) atoms. The monoisotopic (exact) mass is 461 g/mol. The Morgan fingerprint density at radius 3 is 2.74 bits per heavy atom. The number of rotatable bonds is 5. The fourth-order valence-corrected chi connectivity index (χ4v) is 5.27. The van der Waals surface area contributed by atoms with E-state index >= 15 is 0 Å². The van der Waals surface area contributed by atoms with Crippen LogP contribution in [0.25, 0.3) is 21.9 Å². The Morgan fingerprint density at radius 1 is 1.26 bits per heavy atom. The van der Waals surface area contributed by atoms with Crippen LogP contribution in [0.1, 0.15) is 24.7 Å². The highest BCUT2D eigenvalue weighted by Crippen LogP contribution is 2.43. The third kappa shape index (κ3) is 3.39. The predicted octanol–water partition coefficient (Wildman–Crippen LogP) is 1.94. The van der Waals surface area contributed by atoms with E-state index in [1.807, 2.05) is 10.6 Å². The highest BCUT2D eigenvalue weighted by atomic mass is 35.5. The van der Waals surface area contributed by atoms with E-state index in [0.29, 0.717) is 40.1 Å². The van der Waals surface area contributed by atoms with Crippen LogP contribution in [0.4, 0.5) is 0 Å². The molecule has 1 saturated carbocycles. The van der Waals surface area contributed by atoms with Crippen molar-refractivity contribution in [3.63, 3.8) is 0 Å². The van der Waals surface area contributed by atoms with Gasteiger partial charge in [0.25, 0.3) is 0 Å². The second-order valence-electron chi connectivity index (χ2n) is 8.10. The van der Waals surface area contributed by atoms with Gasteiger partial charge < -0.3 is 14.8 Å². The lowest BCUT2D eigenvalue weighted by atomic mass is 9.76. The molecular formula is C20H20ClN5O4S. The lowest BCUT2D eigenvalue weighted by Gasteiger charge is -2.43. The Bertz CT molecular complexity index is 1420. The quantitative estimate of drug-likeness (QED) is 0.465. The van der Waals surface area contributed by atoms with E-state index in [1.165, 1.54) is 6.20 Å². The maximum Gasteiger partial charge on any atom is 0.195 e. The average molecular weight is 462 g/mol. The third-order valence-electron chi connectivity index (χ3n) is 5.78. The Kier molecular flexibility index (Phi) is 4.60. The fourth-order valence-electron chi connectivity index (χ4n) is 4.29. The summed E-state index contributed by atoms with van der Waals surface area (Å²) >= 11 is 6.15. The number of imidazole rings is 1. The summed E-state index contributed by atoms with van der Waals surface area (Å²) in [6.45, 7) is -0.0947. The Morgan fingerprint density at radius 2 is 2.03 bits per heavy atom. The van der Waals surface area contributed by atoms with Crippen molar-refractivity contribution >= 4 is 43.4 Å². The highest BCUT2D eigenvalue weighted by Gasteiger charge is 2.44. The summed E-state index contributed by atoms with van der Waals surface area (Å²) in [5, 5.41) is 25.2. The Labute approximate surface area is 182 Å². The van der Waals surface area contributed by atoms with Crippen LogP contribution >= 0.6 is 11.6 Å². The van der Waals surface area contributed by atoms with Gasteiger partial charge in [-0.05, 0) is 37.1 Å². The van der Waals surface area contributed by atoms with Crippen LogP contribution in [0, 0.1) is 0 Å². The molecule has 0 bridgehead atoms. The Balaban J connectivity index is 1.64. The van der Waals surface area contributed by atoms with E-state index in [0.717, 1.165) is 11.8 Å². The van der Waals surface area contributed by atoms with Gasteiger partial charge in [-0.2, -0.15) is 5.10 Å². The van der Waals surface area contributed by atoms with Gasteiger partial charge in [-0.25, -0.2) is 13.4 Å². The smallest absolute Gasteiger partial charge is 0.195 e. The first-order valence-electron chi connectivity index (χ1n) is 9.69. The van der Waals surface area contributed by atoms with Crippen LogP contribution in [0.3, 0.4) is 0 Å². The molecule has 0 saturated heterocycles. The topological polar surface area (TPSA) is 123 Å². The van der Waals surface area contributed by atoms with Gasteiger partial charge in [-0.1, -0.05) is 11.6 Å². The molecule has 1 aliphatic rings. The van der Waals surface area contributed by atoms with Crippen LogP contribution in [-0.4, -0.2) is 61.4 Å². The van der Waals surface area contributed by atoms with E-state index in [9.17, 15) is 18.6 Å². The zero-order valence-electron chi connectivity index (χ0n) is 16.6. The number of aliphatic hydroxyl groups excluding tert-OH is 1. The van der Waals surface area contributed by atoms with Crippen molar-refractivity contribution in [2.45, 2.75) is 36.1 Å². The molecular weight excluding hydrogens is 442 g/mol. The molecule has 11 heteroatoms. The maximum atomic E-state index is 12.2. The average Bonchev–Trinajstić information content (AvgIpc) is 3.23. The van der Waals surface area contributed by atoms with Gasteiger partial charge in [-0.15, -0.1) is 0 Å². The molecule has 9 nitrogen and oxygen atoms in total. The molecule has 5 rings (SSSR count). The summed E-state index contributed by atoms with van der Waals surface area (Å²) < 4.78 is 28.1. The Hall–Kier alpha value is -2.53. The van der Waals surface area contributed by atoms with Gasteiger partial charge in [0.1, 0.15) is 5.82 Å². The predicted molar refractivity (Wildman–Crippen MR) is 115 cm³/mol. The molecule has 162 valence electrons. The van der Waals surface area contributed by atoms with Crippen LogP contribution in [0.2, 0.25) is 5.02 Å². The first kappa shape index (κ1) is 20.4. The van der Waals surface area contributed by atoms with Crippen LogP contribution < -0.4 is 0 Å². The minimum Gasteiger partial charge on any atom is -0.393 e. The zero-order chi connectivity index (χ0) is 22.0. The molecule has 0 aliphatic heterocycles. The second kappa shape index (κ2) is 6.99. The van der Waals surface area contributed by atoms with Crippen molar-refractivity contribution < 1.29 is 18.6 Å². The van der Waals surface area contributed by atoms with Crippen molar-refractivity contribution in [2.75, 3.05) is 12.9 Å². The van der Waals surface area contributed by atoms with Gasteiger partial charge in [0.15, 0.2) is 14.9 Å². The minimum atomic E-state index is -3.54. The van der Waals surface area contributed by atoms with Crippen LogP contribution in [-0.2, 0) is 16.4 Å². The lowest BCUT2D eigenvalue weighted by molar-refractivity contribution is -0.101. The minimum absolute atomic E-state index is 0.00564. The van der Waals surface area contributed by atoms with E-state index in [4.69, 9.17) is 16.6 Å². The number of sulfone groups is 1. The zero-order valence-corrected chi connectivity index (χ0v) is 18.2. The second-order valence-corrected chi connectivity index (χ2v) is 10.5. The molecule has 2 N–H and O–H groups in total. The molecule has 0 radical (unpaired) electrons. The van der Waals surface area contributed by atoms with Gasteiger partial charge in [-0.3, -0.25) is 9.67 Å². The summed E-state index contributed by atoms with van der Waals surface area (Å²) in [6, 6.07) is 6.98. The van der Waals surface area contributed by atoms with Gasteiger partial charge in [0.05, 0.1) is 41.5 Å². The number of benzene rings is 1. The van der Waals surface area contributed by atoms with Gasteiger partial charge >= 0.3 is 0 Å². The number of aliphatic hydroxyl groups is 2. The molecule has 1 aliphatic carbocycles. The molecule has 4 aromatic rings. The molecule has 3 heterocycles. The van der Waals surface area contributed by atoms with E-state index in [1.54, 1.807) is 29.1 Å². The highest BCUT2D eigenvalue weighted by molar-refractivity contribution is 7.90. The first-order chi connectivity index (χ1) is 14.7. The number of hydrogen-bond donors (Lipinski definition) is 2. The third-order valence-corrected chi connectivity index (χ3v) is 7.02. The van der Waals surface area contributed by atoms with Crippen molar-refractivity contribution in [3.8, 4) is 0 Å². The number of fused-ring (bicyclic) bond motifs is 2. The number of aromatic nitrogens is 5. The first-order valence-corrected chi connectivity index (χ1v) is 12.0. The molecule has 0 unspecified atom stereocenters. The van der Waals surface area contributed by atoms with E-state index in [-0.39, 0.29) is 24.2 Å². The standard InChI is InChI=1S/C20H20ClN5O4S/c1-31(29,30)19-14-4-5-22-9-17(14)25(24-19)10-18-23-15-6-12(21)2-3-16(15)26(18)13-7-20(28,8-13)11-27/h2-6,9,13,27-28H,7-8,10-11H2,1H3/t13-,20-. The molecule has 1 fully saturated rings. The number of halogens is 1. The summed E-state index contributed by atoms with van der Waals surface area (Å²) in [5.74, 6) is 0.649. The molecule has 3 aromatic heterocycles. The van der Waals surface area contributed by atoms with E-state index < -0.39 is 15.4 Å². The molecule has 1 aromatic carbocycles. The lowest BCUT2D eigenvalue weighted by Crippen LogP contribution is -2.48. The summed E-state index contributed by atoms with van der Waals surface area (Å²) in [7, 11) is -3.54. The van der Waals surface area contributed by atoms with Crippen LogP contribution in [0.15, 0.2) is 41.7 Å². The normalized spacial score (nSPS) is 21.6. The van der Waals surface area contributed by atoms with Crippen molar-refractivity contribution in [1.29, 1.82) is 0 Å². The van der Waals surface area contributed by atoms with E-state index in [2.05, 4.69) is 10.1 Å². The number of hydrogen-bond acceptors (Lipinski definition) is 7. The van der Waals surface area contributed by atoms with Crippen molar-refractivity contribution in [2.24, 2.45) is 0 Å². The van der Waals surface area contributed by atoms with Gasteiger partial charge in [0, 0.05) is 28.9 Å². The van der Waals surface area contributed by atoms with Gasteiger partial charge in [0.2, 0.25) is 0 Å².